The lowest BCUT2D eigenvalue weighted by Crippen LogP contribution is -2.42. The van der Waals surface area contributed by atoms with Gasteiger partial charge in [0.05, 0.1) is 12.2 Å². The molecule has 6 N–H and O–H groups in total. The monoisotopic (exact) mass is 463 g/mol. The van der Waals surface area contributed by atoms with Crippen molar-refractivity contribution in [3.8, 4) is 17.6 Å². The van der Waals surface area contributed by atoms with Crippen LogP contribution in [0.25, 0.3) is 0 Å². The summed E-state index contributed by atoms with van der Waals surface area (Å²) in [5, 5.41) is 23.5. The van der Waals surface area contributed by atoms with Gasteiger partial charge in [0.2, 0.25) is 0 Å². The second-order valence-corrected chi connectivity index (χ2v) is 7.83. The molecule has 32 heavy (non-hydrogen) atoms. The molecule has 0 radical (unpaired) electrons. The summed E-state index contributed by atoms with van der Waals surface area (Å²) < 4.78 is 35.9. The van der Waals surface area contributed by atoms with Crippen molar-refractivity contribution in [3.63, 3.8) is 0 Å². The van der Waals surface area contributed by atoms with Gasteiger partial charge in [-0.2, -0.15) is 13.7 Å². The van der Waals surface area contributed by atoms with E-state index in [2.05, 4.69) is 10.9 Å². The molecule has 2 aromatic carbocycles. The minimum Gasteiger partial charge on any atom is -0.493 e. The number of nitriles is 1. The van der Waals surface area contributed by atoms with Crippen LogP contribution in [0.5, 0.6) is 11.5 Å². The van der Waals surface area contributed by atoms with Gasteiger partial charge in [0, 0.05) is 19.5 Å². The van der Waals surface area contributed by atoms with Crippen LogP contribution >= 0.6 is 0 Å². The van der Waals surface area contributed by atoms with E-state index in [1.165, 1.54) is 24.3 Å². The summed E-state index contributed by atoms with van der Waals surface area (Å²) in [6.45, 7) is 3.75. The average molecular weight is 464 g/mol. The number of nitrogens with zero attached hydrogens (tertiary/aromatic N) is 1. The van der Waals surface area contributed by atoms with Crippen molar-refractivity contribution in [1.29, 1.82) is 10.7 Å². The highest BCUT2D eigenvalue weighted by atomic mass is 32.2. The average Bonchev–Trinajstić information content (AvgIpc) is 2.69. The van der Waals surface area contributed by atoms with Crippen molar-refractivity contribution >= 4 is 22.0 Å². The molecule has 12 heteroatoms. The third kappa shape index (κ3) is 9.79. The number of hydrogen-bond acceptors (Lipinski definition) is 8. The van der Waals surface area contributed by atoms with Gasteiger partial charge < -0.3 is 19.8 Å². The number of nitrogens with one attached hydrogen (secondary N) is 3. The van der Waals surface area contributed by atoms with Gasteiger partial charge in [-0.15, -0.1) is 0 Å². The minimum absolute atomic E-state index is 0.0123. The van der Waals surface area contributed by atoms with Crippen LogP contribution in [-0.4, -0.2) is 38.6 Å². The SMILES string of the molecule is CC(=O)O.Cc1cc(OCCCNNC(=N)N)cc(OS(=O)(=O)c2ccccc2C#N)c1. The summed E-state index contributed by atoms with van der Waals surface area (Å²) in [7, 11) is -4.16. The summed E-state index contributed by atoms with van der Waals surface area (Å²) in [5.41, 5.74) is 11.1. The predicted molar refractivity (Wildman–Crippen MR) is 117 cm³/mol. The van der Waals surface area contributed by atoms with Gasteiger partial charge in [0.15, 0.2) is 5.96 Å². The van der Waals surface area contributed by atoms with Crippen molar-refractivity contribution in [1.82, 2.24) is 10.9 Å². The number of aryl methyl sites for hydroxylation is 1. The Morgan fingerprint density at radius 3 is 2.50 bits per heavy atom. The number of hydrazine groups is 1. The van der Waals surface area contributed by atoms with Gasteiger partial charge >= 0.3 is 10.1 Å². The molecule has 0 unspecified atom stereocenters. The van der Waals surface area contributed by atoms with Crippen LogP contribution in [0.1, 0.15) is 24.5 Å². The van der Waals surface area contributed by atoms with E-state index in [9.17, 15) is 8.42 Å². The number of hydrogen-bond donors (Lipinski definition) is 5. The molecule has 0 fully saturated rings. The lowest BCUT2D eigenvalue weighted by Gasteiger charge is -2.12. The Morgan fingerprint density at radius 1 is 1.25 bits per heavy atom. The molecule has 0 aliphatic carbocycles. The van der Waals surface area contributed by atoms with Gasteiger partial charge in [-0.3, -0.25) is 15.6 Å². The van der Waals surface area contributed by atoms with Crippen LogP contribution in [-0.2, 0) is 14.9 Å². The first-order chi connectivity index (χ1) is 15.0. The van der Waals surface area contributed by atoms with Crippen LogP contribution in [0.15, 0.2) is 47.4 Å². The fourth-order valence-electron chi connectivity index (χ4n) is 2.30. The van der Waals surface area contributed by atoms with Crippen LogP contribution < -0.4 is 25.5 Å². The smallest absolute Gasteiger partial charge is 0.340 e. The van der Waals surface area contributed by atoms with Crippen LogP contribution in [0.2, 0.25) is 0 Å². The number of ether oxygens (including phenoxy) is 1. The third-order valence-electron chi connectivity index (χ3n) is 3.45. The fraction of sp³-hybridized carbons (Fsp3) is 0.250. The van der Waals surface area contributed by atoms with Gasteiger partial charge in [-0.25, -0.2) is 5.43 Å². The van der Waals surface area contributed by atoms with E-state index in [-0.39, 0.29) is 22.2 Å². The summed E-state index contributed by atoms with van der Waals surface area (Å²) >= 11 is 0. The normalized spacial score (nSPS) is 10.2. The molecule has 11 nitrogen and oxygen atoms in total. The third-order valence-corrected chi connectivity index (χ3v) is 4.75. The molecule has 0 spiro atoms. The number of carbonyl (C=O) groups is 1. The maximum absolute atomic E-state index is 12.5. The largest absolute Gasteiger partial charge is 0.493 e. The molecule has 0 amide bonds. The molecule has 172 valence electrons. The fourth-order valence-corrected chi connectivity index (χ4v) is 3.37. The highest BCUT2D eigenvalue weighted by molar-refractivity contribution is 7.87. The maximum atomic E-state index is 12.5. The van der Waals surface area contributed by atoms with E-state index in [4.69, 9.17) is 35.2 Å². The van der Waals surface area contributed by atoms with E-state index in [0.29, 0.717) is 25.3 Å². The van der Waals surface area contributed by atoms with Crippen molar-refractivity contribution < 1.29 is 27.2 Å². The first kappa shape index (κ1) is 26.2. The van der Waals surface area contributed by atoms with E-state index in [1.54, 1.807) is 25.1 Å². The molecular weight excluding hydrogens is 438 g/mol. The zero-order valence-electron chi connectivity index (χ0n) is 17.6. The van der Waals surface area contributed by atoms with E-state index < -0.39 is 16.1 Å². The predicted octanol–water partition coefficient (Wildman–Crippen LogP) is 1.48. The van der Waals surface area contributed by atoms with E-state index >= 15 is 0 Å². The van der Waals surface area contributed by atoms with Gasteiger partial charge in [0.1, 0.15) is 22.5 Å². The van der Waals surface area contributed by atoms with Gasteiger partial charge in [-0.05, 0) is 43.2 Å². The second kappa shape index (κ2) is 12.8. The Kier molecular flexibility index (Phi) is 10.5. The van der Waals surface area contributed by atoms with Crippen molar-refractivity contribution in [3.05, 3.63) is 53.6 Å². The molecule has 0 aliphatic rings. The van der Waals surface area contributed by atoms with E-state index in [0.717, 1.165) is 12.5 Å². The minimum atomic E-state index is -4.16. The number of carboxylic acids is 1. The summed E-state index contributed by atoms with van der Waals surface area (Å²) in [5.74, 6) is -0.460. The molecule has 0 saturated carbocycles. The number of carboxylic acid groups (broad SMARTS) is 1. The number of rotatable bonds is 9. The molecule has 2 rings (SSSR count). The number of nitrogens with two attached hydrogens (primary N) is 1. The van der Waals surface area contributed by atoms with Crippen molar-refractivity contribution in [2.45, 2.75) is 25.2 Å². The Hall–Kier alpha value is -3.82. The zero-order valence-corrected chi connectivity index (χ0v) is 18.4. The Labute approximate surface area is 186 Å². The van der Waals surface area contributed by atoms with Crippen LogP contribution in [0.3, 0.4) is 0 Å². The number of guanidine groups is 1. The molecule has 0 aliphatic heterocycles. The first-order valence-corrected chi connectivity index (χ1v) is 10.7. The van der Waals surface area contributed by atoms with Crippen molar-refractivity contribution in [2.24, 2.45) is 5.73 Å². The molecule has 0 heterocycles. The Bertz CT molecular complexity index is 1080. The van der Waals surface area contributed by atoms with Gasteiger partial charge in [-0.1, -0.05) is 12.1 Å². The summed E-state index contributed by atoms with van der Waals surface area (Å²) in [6.07, 6.45) is 0.623. The standard InChI is InChI=1S/C18H21N5O4S.C2H4O2/c1-13-9-15(26-8-4-7-22-23-18(20)21)11-16(10-13)27-28(24,25)17-6-3-2-5-14(17)12-19;1-2(3)4/h2-3,5-6,9-11,22H,4,7-8H2,1H3,(H4,20,21,23);1H3,(H,3,4). The molecule has 2 aromatic rings. The molecule has 0 bridgehead atoms. The molecular formula is C20H25N5O6S. The quantitative estimate of drug-likeness (QED) is 0.120. The number of benzene rings is 2. The molecule has 0 aromatic heterocycles. The Balaban J connectivity index is 0.00000118. The topological polar surface area (TPSA) is 188 Å². The summed E-state index contributed by atoms with van der Waals surface area (Å²) in [6, 6.07) is 12.5. The molecule has 0 atom stereocenters. The first-order valence-electron chi connectivity index (χ1n) is 9.25. The highest BCUT2D eigenvalue weighted by Gasteiger charge is 2.21. The van der Waals surface area contributed by atoms with Crippen LogP contribution in [0.4, 0.5) is 0 Å². The Morgan fingerprint density at radius 2 is 1.88 bits per heavy atom. The summed E-state index contributed by atoms with van der Waals surface area (Å²) in [4.78, 5) is 8.81. The molecule has 0 saturated heterocycles. The number of aliphatic carboxylic acids is 1. The maximum Gasteiger partial charge on any atom is 0.340 e. The lowest BCUT2D eigenvalue weighted by molar-refractivity contribution is -0.134. The van der Waals surface area contributed by atoms with Gasteiger partial charge in [0.25, 0.3) is 5.97 Å². The zero-order chi connectivity index (χ0) is 24.1. The highest BCUT2D eigenvalue weighted by Crippen LogP contribution is 2.26. The second-order valence-electron chi connectivity index (χ2n) is 6.31. The van der Waals surface area contributed by atoms with Crippen molar-refractivity contribution in [2.75, 3.05) is 13.2 Å². The van der Waals surface area contributed by atoms with Crippen LogP contribution in [0, 0.1) is 23.7 Å². The van der Waals surface area contributed by atoms with E-state index in [1.807, 2.05) is 6.07 Å². The lowest BCUT2D eigenvalue weighted by atomic mass is 10.2.